The van der Waals surface area contributed by atoms with Crippen molar-refractivity contribution in [1.29, 1.82) is 0 Å². The number of benzene rings is 3. The molecule has 1 unspecified atom stereocenters. The molecule has 0 aromatic heterocycles. The number of nitrogens with zero attached hydrogens (tertiary/aromatic N) is 1. The minimum Gasteiger partial charge on any atom is -0.319 e. The first-order valence-corrected chi connectivity index (χ1v) is 10.9. The number of imide groups is 1. The first-order valence-electron chi connectivity index (χ1n) is 10.1. The van der Waals surface area contributed by atoms with Gasteiger partial charge in [0, 0.05) is 21.2 Å². The van der Waals surface area contributed by atoms with Crippen molar-refractivity contribution in [2.75, 3.05) is 6.54 Å². The molecule has 2 aliphatic rings. The highest BCUT2D eigenvalue weighted by Crippen LogP contribution is 2.38. The van der Waals surface area contributed by atoms with E-state index in [0.717, 1.165) is 28.0 Å². The van der Waals surface area contributed by atoms with Crippen LogP contribution >= 0.6 is 23.2 Å². The summed E-state index contributed by atoms with van der Waals surface area (Å²) < 4.78 is 0. The van der Waals surface area contributed by atoms with E-state index in [4.69, 9.17) is 23.2 Å². The summed E-state index contributed by atoms with van der Waals surface area (Å²) in [5.74, 6) is -0.848. The monoisotopic (exact) mass is 464 g/mol. The van der Waals surface area contributed by atoms with Crippen LogP contribution in [-0.2, 0) is 16.8 Å². The highest BCUT2D eigenvalue weighted by Gasteiger charge is 2.50. The molecule has 160 valence electrons. The summed E-state index contributed by atoms with van der Waals surface area (Å²) in [4.78, 5) is 39.8. The van der Waals surface area contributed by atoms with Gasteiger partial charge in [-0.25, -0.2) is 4.79 Å². The van der Waals surface area contributed by atoms with E-state index in [1.165, 1.54) is 11.6 Å². The Morgan fingerprint density at radius 1 is 1.00 bits per heavy atom. The van der Waals surface area contributed by atoms with Crippen LogP contribution in [0.4, 0.5) is 4.79 Å². The largest absolute Gasteiger partial charge is 0.325 e. The van der Waals surface area contributed by atoms with Gasteiger partial charge in [-0.05, 0) is 53.8 Å². The number of carbonyl (C=O) groups excluding carboxylic acids is 3. The van der Waals surface area contributed by atoms with Gasteiger partial charge in [-0.2, -0.15) is 0 Å². The van der Waals surface area contributed by atoms with Crippen molar-refractivity contribution in [2.45, 2.75) is 18.9 Å². The molecule has 1 atom stereocenters. The van der Waals surface area contributed by atoms with Crippen molar-refractivity contribution in [3.63, 3.8) is 0 Å². The lowest BCUT2D eigenvalue weighted by molar-refractivity contribution is -0.130. The number of fused-ring (bicyclic) bond motifs is 3. The first-order chi connectivity index (χ1) is 15.3. The number of Topliss-reactive ketones (excluding diaryl/α,β-unsaturated/α-hetero) is 1. The lowest BCUT2D eigenvalue weighted by Gasteiger charge is -2.23. The zero-order valence-electron chi connectivity index (χ0n) is 17.1. The van der Waals surface area contributed by atoms with E-state index >= 15 is 0 Å². The van der Waals surface area contributed by atoms with Crippen LogP contribution in [0, 0.1) is 0 Å². The Hall–Kier alpha value is -3.15. The van der Waals surface area contributed by atoms with Crippen LogP contribution in [0.15, 0.2) is 60.7 Å². The van der Waals surface area contributed by atoms with Crippen molar-refractivity contribution in [3.8, 4) is 11.1 Å². The van der Waals surface area contributed by atoms with Crippen molar-refractivity contribution in [2.24, 2.45) is 0 Å². The average Bonchev–Trinajstić information content (AvgIpc) is 3.23. The molecule has 3 aromatic carbocycles. The van der Waals surface area contributed by atoms with Gasteiger partial charge in [-0.1, -0.05) is 65.7 Å². The predicted octanol–water partition coefficient (Wildman–Crippen LogP) is 5.21. The van der Waals surface area contributed by atoms with Gasteiger partial charge < -0.3 is 5.32 Å². The van der Waals surface area contributed by atoms with Gasteiger partial charge in [0.25, 0.3) is 5.91 Å². The van der Waals surface area contributed by atoms with Crippen LogP contribution in [-0.4, -0.2) is 29.2 Å². The van der Waals surface area contributed by atoms with Gasteiger partial charge in [-0.15, -0.1) is 0 Å². The summed E-state index contributed by atoms with van der Waals surface area (Å²) in [5, 5.41) is 3.36. The molecule has 1 aliphatic heterocycles. The van der Waals surface area contributed by atoms with Gasteiger partial charge in [0.2, 0.25) is 0 Å². The smallest absolute Gasteiger partial charge is 0.319 e. The van der Waals surface area contributed by atoms with Crippen LogP contribution in [0.5, 0.6) is 0 Å². The SMILES string of the molecule is CC1(c2ccc(Cl)cc2Cl)NC(=O)N(CC(=O)c2ccc3c(c2)-c2ccccc2C3)C1=O. The first kappa shape index (κ1) is 20.7. The summed E-state index contributed by atoms with van der Waals surface area (Å²) >= 11 is 12.2. The second kappa shape index (κ2) is 7.47. The number of nitrogens with one attached hydrogen (secondary N) is 1. The van der Waals surface area contributed by atoms with Crippen LogP contribution in [0.2, 0.25) is 10.0 Å². The highest BCUT2D eigenvalue weighted by atomic mass is 35.5. The third-order valence-corrected chi connectivity index (χ3v) is 6.71. The van der Waals surface area contributed by atoms with Gasteiger partial charge in [-0.3, -0.25) is 14.5 Å². The number of rotatable bonds is 4. The number of amides is 3. The lowest BCUT2D eigenvalue weighted by atomic mass is 9.92. The Balaban J connectivity index is 1.41. The second-order valence-corrected chi connectivity index (χ2v) is 9.04. The molecule has 1 fully saturated rings. The highest BCUT2D eigenvalue weighted by molar-refractivity contribution is 6.35. The van der Waals surface area contributed by atoms with Crippen LogP contribution in [0.1, 0.15) is 34.0 Å². The number of carbonyl (C=O) groups is 3. The van der Waals surface area contributed by atoms with Gasteiger partial charge in [0.05, 0.1) is 6.54 Å². The van der Waals surface area contributed by atoms with Gasteiger partial charge >= 0.3 is 6.03 Å². The zero-order chi connectivity index (χ0) is 22.6. The molecule has 0 bridgehead atoms. The van der Waals surface area contributed by atoms with E-state index < -0.39 is 17.5 Å². The summed E-state index contributed by atoms with van der Waals surface area (Å²) in [6.45, 7) is 1.21. The molecule has 3 amide bonds. The second-order valence-electron chi connectivity index (χ2n) is 8.20. The third-order valence-electron chi connectivity index (χ3n) is 6.17. The van der Waals surface area contributed by atoms with Crippen molar-refractivity contribution >= 4 is 40.9 Å². The molecule has 5 rings (SSSR count). The molecule has 1 heterocycles. The fraction of sp³-hybridized carbons (Fsp3) is 0.160. The van der Waals surface area contributed by atoms with Crippen molar-refractivity contribution in [1.82, 2.24) is 10.2 Å². The lowest BCUT2D eigenvalue weighted by Crippen LogP contribution is -2.41. The molecule has 1 saturated heterocycles. The molecular weight excluding hydrogens is 447 g/mol. The normalized spacial score (nSPS) is 19.0. The molecule has 7 heteroatoms. The minimum atomic E-state index is -1.38. The molecule has 0 radical (unpaired) electrons. The number of hydrogen-bond acceptors (Lipinski definition) is 3. The van der Waals surface area contributed by atoms with E-state index in [1.54, 1.807) is 25.1 Å². The molecule has 5 nitrogen and oxygen atoms in total. The van der Waals surface area contributed by atoms with Crippen LogP contribution < -0.4 is 5.32 Å². The Morgan fingerprint density at radius 2 is 1.75 bits per heavy atom. The van der Waals surface area contributed by atoms with Crippen molar-refractivity contribution in [3.05, 3.63) is 93.0 Å². The van der Waals surface area contributed by atoms with Gasteiger partial charge in [0.15, 0.2) is 5.78 Å². The summed E-state index contributed by atoms with van der Waals surface area (Å²) in [7, 11) is 0. The maximum Gasteiger partial charge on any atom is 0.325 e. The van der Waals surface area contributed by atoms with E-state index in [9.17, 15) is 14.4 Å². The maximum atomic E-state index is 13.2. The molecule has 32 heavy (non-hydrogen) atoms. The Labute approximate surface area is 194 Å². The maximum absolute atomic E-state index is 13.2. The van der Waals surface area contributed by atoms with E-state index in [-0.39, 0.29) is 17.4 Å². The molecule has 1 N–H and O–H groups in total. The van der Waals surface area contributed by atoms with Crippen LogP contribution in [0.3, 0.4) is 0 Å². The summed E-state index contributed by atoms with van der Waals surface area (Å²) in [5.41, 5.74) is 4.00. The predicted molar refractivity (Wildman–Crippen MR) is 123 cm³/mol. The number of ketones is 1. The Bertz CT molecular complexity index is 1320. The fourth-order valence-corrected chi connectivity index (χ4v) is 5.05. The molecular formula is C25H18Cl2N2O3. The minimum absolute atomic E-state index is 0.263. The quantitative estimate of drug-likeness (QED) is 0.332. The average molecular weight is 465 g/mol. The Morgan fingerprint density at radius 3 is 2.53 bits per heavy atom. The van der Waals surface area contributed by atoms with Gasteiger partial charge in [0.1, 0.15) is 5.54 Å². The van der Waals surface area contributed by atoms with E-state index in [1.807, 2.05) is 30.3 Å². The zero-order valence-corrected chi connectivity index (χ0v) is 18.6. The standard InChI is InChI=1S/C25H18Cl2N2O3/c1-25(20-9-8-17(26)12-21(20)27)23(31)29(24(32)28-25)13-22(30)16-7-6-15-10-14-4-2-3-5-18(14)19(15)11-16/h2-9,11-12H,10,13H2,1H3,(H,28,32). The van der Waals surface area contributed by atoms with E-state index in [0.29, 0.717) is 16.1 Å². The fourth-order valence-electron chi connectivity index (χ4n) is 4.45. The summed E-state index contributed by atoms with van der Waals surface area (Å²) in [6, 6.07) is 17.7. The molecule has 3 aromatic rings. The number of halogens is 2. The van der Waals surface area contributed by atoms with E-state index in [2.05, 4.69) is 11.4 Å². The Kier molecular flexibility index (Phi) is 4.84. The molecule has 1 aliphatic carbocycles. The number of hydrogen-bond donors (Lipinski definition) is 1. The summed E-state index contributed by atoms with van der Waals surface area (Å²) in [6.07, 6.45) is 0.827. The number of urea groups is 1. The molecule has 0 spiro atoms. The topological polar surface area (TPSA) is 66.5 Å². The van der Waals surface area contributed by atoms with Crippen molar-refractivity contribution < 1.29 is 14.4 Å². The van der Waals surface area contributed by atoms with Crippen LogP contribution in [0.25, 0.3) is 11.1 Å². The molecule has 0 saturated carbocycles. The third kappa shape index (κ3) is 3.20.